The highest BCUT2D eigenvalue weighted by Crippen LogP contribution is 2.33. The largest absolute Gasteiger partial charge is 0.489 e. The molecule has 3 aromatic carbocycles. The number of rotatable bonds is 8. The van der Waals surface area contributed by atoms with Crippen molar-refractivity contribution in [2.45, 2.75) is 16.8 Å². The predicted molar refractivity (Wildman–Crippen MR) is 112 cm³/mol. The van der Waals surface area contributed by atoms with Crippen LogP contribution in [-0.4, -0.2) is 25.2 Å². The number of ether oxygens (including phenoxy) is 2. The molecule has 0 bridgehead atoms. The van der Waals surface area contributed by atoms with Gasteiger partial charge >= 0.3 is 0 Å². The Hall–Kier alpha value is -2.44. The first kappa shape index (κ1) is 18.9. The summed E-state index contributed by atoms with van der Waals surface area (Å²) in [5.74, 6) is 3.17. The Balaban J connectivity index is 1.35. The molecule has 0 spiro atoms. The molecule has 1 saturated heterocycles. The molecule has 6 heteroatoms. The Labute approximate surface area is 169 Å². The van der Waals surface area contributed by atoms with Gasteiger partial charge in [0.1, 0.15) is 23.9 Å². The lowest BCUT2D eigenvalue weighted by molar-refractivity contribution is 0.306. The lowest BCUT2D eigenvalue weighted by atomic mass is 10.2. The molecule has 0 aromatic heterocycles. The normalized spacial score (nSPS) is 15.8. The summed E-state index contributed by atoms with van der Waals surface area (Å²) in [7, 11) is -3.21. The van der Waals surface area contributed by atoms with Crippen LogP contribution < -0.4 is 9.47 Å². The average molecular weight is 413 g/mol. The zero-order chi connectivity index (χ0) is 19.4. The second-order valence-corrected chi connectivity index (χ2v) is 9.92. The summed E-state index contributed by atoms with van der Waals surface area (Å²) in [4.78, 5) is 0.344. The smallest absolute Gasteiger partial charge is 0.179 e. The van der Waals surface area contributed by atoms with Gasteiger partial charge in [-0.1, -0.05) is 30.3 Å². The van der Waals surface area contributed by atoms with Gasteiger partial charge in [-0.2, -0.15) is 11.8 Å². The van der Waals surface area contributed by atoms with Crippen LogP contribution in [0.15, 0.2) is 83.8 Å². The fourth-order valence-electron chi connectivity index (χ4n) is 2.70. The van der Waals surface area contributed by atoms with Crippen molar-refractivity contribution in [3.8, 4) is 17.2 Å². The third kappa shape index (κ3) is 5.09. The summed E-state index contributed by atoms with van der Waals surface area (Å²) in [6.45, 7) is 0.510. The SMILES string of the molecule is O=S(=O)(CC1CS1)c1ccc(Oc2ccc(OCc3ccccc3)cc2)cc1. The van der Waals surface area contributed by atoms with Gasteiger partial charge in [0.25, 0.3) is 0 Å². The molecule has 3 aromatic rings. The van der Waals surface area contributed by atoms with E-state index < -0.39 is 9.84 Å². The summed E-state index contributed by atoms with van der Waals surface area (Å²) < 4.78 is 36.1. The molecule has 1 aliphatic heterocycles. The molecule has 1 aliphatic rings. The monoisotopic (exact) mass is 412 g/mol. The van der Waals surface area contributed by atoms with E-state index in [0.717, 1.165) is 17.1 Å². The summed E-state index contributed by atoms with van der Waals surface area (Å²) in [6.07, 6.45) is 0. The molecule has 1 fully saturated rings. The molecule has 1 unspecified atom stereocenters. The van der Waals surface area contributed by atoms with Crippen molar-refractivity contribution in [1.29, 1.82) is 0 Å². The molecule has 0 saturated carbocycles. The fourth-order valence-corrected chi connectivity index (χ4v) is 5.38. The third-order valence-corrected chi connectivity index (χ3v) is 7.31. The minimum Gasteiger partial charge on any atom is -0.489 e. The Bertz CT molecular complexity index is 1010. The van der Waals surface area contributed by atoms with E-state index in [1.165, 1.54) is 0 Å². The maximum absolute atomic E-state index is 12.3. The molecule has 0 N–H and O–H groups in total. The average Bonchev–Trinajstić information content (AvgIpc) is 3.52. The molecular weight excluding hydrogens is 392 g/mol. The first-order chi connectivity index (χ1) is 13.6. The second-order valence-electron chi connectivity index (χ2n) is 6.56. The number of hydrogen-bond acceptors (Lipinski definition) is 5. The van der Waals surface area contributed by atoms with E-state index in [0.29, 0.717) is 23.0 Å². The molecule has 4 nitrogen and oxygen atoms in total. The van der Waals surface area contributed by atoms with E-state index in [-0.39, 0.29) is 11.0 Å². The van der Waals surface area contributed by atoms with Crippen LogP contribution in [0.4, 0.5) is 0 Å². The van der Waals surface area contributed by atoms with Crippen LogP contribution in [0.2, 0.25) is 0 Å². The van der Waals surface area contributed by atoms with Crippen molar-refractivity contribution in [2.75, 3.05) is 11.5 Å². The first-order valence-electron chi connectivity index (χ1n) is 8.98. The summed E-state index contributed by atoms with van der Waals surface area (Å²) in [5.41, 5.74) is 1.11. The molecule has 0 aliphatic carbocycles. The van der Waals surface area contributed by atoms with Crippen LogP contribution in [0.3, 0.4) is 0 Å². The lowest BCUT2D eigenvalue weighted by Crippen LogP contribution is -2.10. The van der Waals surface area contributed by atoms with Crippen molar-refractivity contribution in [3.05, 3.63) is 84.4 Å². The quantitative estimate of drug-likeness (QED) is 0.490. The van der Waals surface area contributed by atoms with Gasteiger partial charge in [0.2, 0.25) is 0 Å². The molecule has 1 heterocycles. The van der Waals surface area contributed by atoms with E-state index in [2.05, 4.69) is 0 Å². The van der Waals surface area contributed by atoms with E-state index >= 15 is 0 Å². The number of thioether (sulfide) groups is 1. The highest BCUT2D eigenvalue weighted by Gasteiger charge is 2.29. The van der Waals surface area contributed by atoms with E-state index in [1.54, 1.807) is 36.0 Å². The molecule has 0 radical (unpaired) electrons. The van der Waals surface area contributed by atoms with Crippen LogP contribution in [0.1, 0.15) is 5.56 Å². The summed E-state index contributed by atoms with van der Waals surface area (Å²) in [5, 5.41) is 0.253. The molecule has 28 heavy (non-hydrogen) atoms. The van der Waals surface area contributed by atoms with Crippen molar-refractivity contribution >= 4 is 21.6 Å². The summed E-state index contributed by atoms with van der Waals surface area (Å²) >= 11 is 1.68. The second kappa shape index (κ2) is 8.29. The third-order valence-electron chi connectivity index (χ3n) is 4.30. The number of hydrogen-bond donors (Lipinski definition) is 0. The van der Waals surface area contributed by atoms with E-state index in [4.69, 9.17) is 9.47 Å². The van der Waals surface area contributed by atoms with Gasteiger partial charge in [0.15, 0.2) is 9.84 Å². The standard InChI is InChI=1S/C22H20O4S2/c23-28(24,16-21-15-27-21)22-12-10-20(11-13-22)26-19-8-6-18(7-9-19)25-14-17-4-2-1-3-5-17/h1-13,21H,14-16H2. The fraction of sp³-hybridized carbons (Fsp3) is 0.182. The molecule has 4 rings (SSSR count). The van der Waals surface area contributed by atoms with Crippen LogP contribution in [0.25, 0.3) is 0 Å². The van der Waals surface area contributed by atoms with Crippen LogP contribution in [-0.2, 0) is 16.4 Å². The Morgan fingerprint density at radius 2 is 1.39 bits per heavy atom. The minimum atomic E-state index is -3.21. The van der Waals surface area contributed by atoms with Gasteiger partial charge in [-0.15, -0.1) is 0 Å². The number of benzene rings is 3. The van der Waals surface area contributed by atoms with E-state index in [1.807, 2.05) is 54.6 Å². The minimum absolute atomic E-state index is 0.211. The molecule has 1 atom stereocenters. The summed E-state index contributed by atoms with van der Waals surface area (Å²) in [6, 6.07) is 23.9. The van der Waals surface area contributed by atoms with Crippen molar-refractivity contribution in [3.63, 3.8) is 0 Å². The molecular formula is C22H20O4S2. The van der Waals surface area contributed by atoms with Crippen LogP contribution >= 0.6 is 11.8 Å². The van der Waals surface area contributed by atoms with Gasteiger partial charge in [-0.05, 0) is 54.1 Å². The van der Waals surface area contributed by atoms with Gasteiger partial charge in [-0.3, -0.25) is 0 Å². The Morgan fingerprint density at radius 1 is 0.821 bits per heavy atom. The predicted octanol–water partition coefficient (Wildman–Crippen LogP) is 4.95. The Kier molecular flexibility index (Phi) is 5.59. The van der Waals surface area contributed by atoms with Gasteiger partial charge in [-0.25, -0.2) is 8.42 Å². The molecule has 144 valence electrons. The maximum Gasteiger partial charge on any atom is 0.179 e. The highest BCUT2D eigenvalue weighted by molar-refractivity contribution is 8.08. The van der Waals surface area contributed by atoms with Crippen molar-refractivity contribution < 1.29 is 17.9 Å². The zero-order valence-electron chi connectivity index (χ0n) is 15.2. The number of sulfone groups is 1. The maximum atomic E-state index is 12.3. The Morgan fingerprint density at radius 3 is 2.00 bits per heavy atom. The topological polar surface area (TPSA) is 52.6 Å². The van der Waals surface area contributed by atoms with Crippen molar-refractivity contribution in [2.24, 2.45) is 0 Å². The van der Waals surface area contributed by atoms with Gasteiger partial charge < -0.3 is 9.47 Å². The van der Waals surface area contributed by atoms with Gasteiger partial charge in [0.05, 0.1) is 10.6 Å². The highest BCUT2D eigenvalue weighted by atomic mass is 32.2. The molecule has 0 amide bonds. The first-order valence-corrected chi connectivity index (χ1v) is 11.7. The van der Waals surface area contributed by atoms with E-state index in [9.17, 15) is 8.42 Å². The van der Waals surface area contributed by atoms with Crippen LogP contribution in [0, 0.1) is 0 Å². The lowest BCUT2D eigenvalue weighted by Gasteiger charge is -2.09. The van der Waals surface area contributed by atoms with Crippen molar-refractivity contribution in [1.82, 2.24) is 0 Å². The van der Waals surface area contributed by atoms with Crippen LogP contribution in [0.5, 0.6) is 17.2 Å². The zero-order valence-corrected chi connectivity index (χ0v) is 16.8. The van der Waals surface area contributed by atoms with Gasteiger partial charge in [0, 0.05) is 11.0 Å².